The van der Waals surface area contributed by atoms with Gasteiger partial charge in [-0.2, -0.15) is 0 Å². The van der Waals surface area contributed by atoms with Gasteiger partial charge in [-0.05, 0) is 17.7 Å². The van der Waals surface area contributed by atoms with E-state index in [0.717, 1.165) is 21.2 Å². The Hall–Kier alpha value is -3.24. The van der Waals surface area contributed by atoms with Crippen LogP contribution in [0.25, 0.3) is 0 Å². The molecule has 0 atom stereocenters. The van der Waals surface area contributed by atoms with Gasteiger partial charge < -0.3 is 5.32 Å². The molecule has 0 unspecified atom stereocenters. The molecule has 3 amide bonds. The zero-order valence-corrected chi connectivity index (χ0v) is 17.5. The van der Waals surface area contributed by atoms with Crippen molar-refractivity contribution < 1.29 is 18.0 Å². The first-order valence-electron chi connectivity index (χ1n) is 9.06. The lowest BCUT2D eigenvalue weighted by Gasteiger charge is -2.21. The lowest BCUT2D eigenvalue weighted by atomic mass is 10.2. The number of urea groups is 1. The highest BCUT2D eigenvalue weighted by Gasteiger charge is 2.27. The number of anilines is 1. The first-order chi connectivity index (χ1) is 14.5. The molecule has 3 rings (SSSR count). The van der Waals surface area contributed by atoms with Crippen molar-refractivity contribution in [2.24, 2.45) is 0 Å². The number of imide groups is 1. The maximum atomic E-state index is 13.0. The first kappa shape index (κ1) is 21.5. The molecule has 156 valence electrons. The highest BCUT2D eigenvalue weighted by atomic mass is 32.2. The summed E-state index contributed by atoms with van der Waals surface area (Å²) in [6.45, 7) is 0.121. The van der Waals surface area contributed by atoms with Crippen molar-refractivity contribution in [2.75, 3.05) is 10.8 Å². The average Bonchev–Trinajstić information content (AvgIpc) is 3.28. The van der Waals surface area contributed by atoms with Gasteiger partial charge in [0.2, 0.25) is 5.91 Å². The number of aromatic nitrogens is 1. The molecule has 8 nitrogen and oxygen atoms in total. The molecule has 0 radical (unpaired) electrons. The van der Waals surface area contributed by atoms with Gasteiger partial charge in [0.25, 0.3) is 10.0 Å². The third-order valence-electron chi connectivity index (χ3n) is 4.05. The Bertz CT molecular complexity index is 1070. The summed E-state index contributed by atoms with van der Waals surface area (Å²) in [5, 5.41) is 6.71. The van der Waals surface area contributed by atoms with Crippen molar-refractivity contribution in [2.45, 2.75) is 17.9 Å². The Labute approximate surface area is 178 Å². The van der Waals surface area contributed by atoms with E-state index in [0.29, 0.717) is 0 Å². The summed E-state index contributed by atoms with van der Waals surface area (Å²) < 4.78 is 27.1. The molecular weight excluding hydrogens is 424 g/mol. The van der Waals surface area contributed by atoms with Crippen molar-refractivity contribution in [3.8, 4) is 0 Å². The van der Waals surface area contributed by atoms with E-state index in [1.54, 1.807) is 23.6 Å². The van der Waals surface area contributed by atoms with Gasteiger partial charge in [0, 0.05) is 31.1 Å². The number of rotatable bonds is 8. The minimum absolute atomic E-state index is 0.0983. The zero-order valence-electron chi connectivity index (χ0n) is 15.9. The maximum Gasteiger partial charge on any atom is 0.321 e. The predicted molar refractivity (Wildman–Crippen MR) is 115 cm³/mol. The van der Waals surface area contributed by atoms with E-state index in [9.17, 15) is 18.0 Å². The lowest BCUT2D eigenvalue weighted by Crippen LogP contribution is -2.41. The van der Waals surface area contributed by atoms with Crippen LogP contribution in [0.3, 0.4) is 0 Å². The number of thiazole rings is 1. The van der Waals surface area contributed by atoms with Gasteiger partial charge in [-0.3, -0.25) is 10.1 Å². The molecule has 0 aliphatic rings. The number of carbonyl (C=O) groups is 2. The van der Waals surface area contributed by atoms with Crippen molar-refractivity contribution in [1.29, 1.82) is 0 Å². The van der Waals surface area contributed by atoms with E-state index in [1.165, 1.54) is 18.3 Å². The van der Waals surface area contributed by atoms with Gasteiger partial charge in [0.15, 0.2) is 5.13 Å². The molecule has 0 saturated heterocycles. The largest absolute Gasteiger partial charge is 0.334 e. The van der Waals surface area contributed by atoms with Crippen molar-refractivity contribution in [3.63, 3.8) is 0 Å². The molecule has 0 aliphatic carbocycles. The lowest BCUT2D eigenvalue weighted by molar-refractivity contribution is -0.119. The van der Waals surface area contributed by atoms with Crippen LogP contribution < -0.4 is 14.9 Å². The second-order valence-corrected chi connectivity index (χ2v) is 8.91. The van der Waals surface area contributed by atoms with Gasteiger partial charge in [-0.15, -0.1) is 11.3 Å². The Morgan fingerprint density at radius 1 is 1.00 bits per heavy atom. The van der Waals surface area contributed by atoms with Gasteiger partial charge in [0.05, 0.1) is 4.90 Å². The number of sulfonamides is 1. The fraction of sp³-hybridized carbons (Fsp3) is 0.150. The van der Waals surface area contributed by atoms with E-state index in [-0.39, 0.29) is 29.5 Å². The summed E-state index contributed by atoms with van der Waals surface area (Å²) >= 11 is 1.15. The maximum absolute atomic E-state index is 13.0. The van der Waals surface area contributed by atoms with Gasteiger partial charge in [-0.1, -0.05) is 48.5 Å². The van der Waals surface area contributed by atoms with Crippen LogP contribution in [0.4, 0.5) is 9.93 Å². The summed E-state index contributed by atoms with van der Waals surface area (Å²) in [5.74, 6) is -0.592. The standard InChI is InChI=1S/C20H20N4O4S2/c25-18(23-19(26)22-15-16-7-3-1-4-8-16)11-13-24(20-21-12-14-29-20)30(27,28)17-9-5-2-6-10-17/h1-10,12,14H,11,13,15H2,(H2,22,23,25,26). The highest BCUT2D eigenvalue weighted by Crippen LogP contribution is 2.25. The topological polar surface area (TPSA) is 108 Å². The fourth-order valence-electron chi connectivity index (χ4n) is 2.59. The van der Waals surface area contributed by atoms with E-state index >= 15 is 0 Å². The third-order valence-corrected chi connectivity index (χ3v) is 6.77. The number of hydrogen-bond donors (Lipinski definition) is 2. The Balaban J connectivity index is 1.60. The summed E-state index contributed by atoms with van der Waals surface area (Å²) in [6, 6.07) is 16.5. The second-order valence-electron chi connectivity index (χ2n) is 6.17. The Kier molecular flexibility index (Phi) is 7.15. The van der Waals surface area contributed by atoms with Crippen LogP contribution in [0.1, 0.15) is 12.0 Å². The average molecular weight is 445 g/mol. The summed E-state index contributed by atoms with van der Waals surface area (Å²) in [7, 11) is -3.89. The van der Waals surface area contributed by atoms with E-state index < -0.39 is 22.0 Å². The number of nitrogens with one attached hydrogen (secondary N) is 2. The number of carbonyl (C=O) groups excluding carboxylic acids is 2. The van der Waals surface area contributed by atoms with Gasteiger partial charge in [-0.25, -0.2) is 22.5 Å². The normalized spacial score (nSPS) is 10.9. The van der Waals surface area contributed by atoms with Crippen molar-refractivity contribution in [1.82, 2.24) is 15.6 Å². The van der Waals surface area contributed by atoms with Crippen LogP contribution in [-0.4, -0.2) is 31.9 Å². The molecule has 1 aromatic heterocycles. The van der Waals surface area contributed by atoms with Gasteiger partial charge >= 0.3 is 6.03 Å². The first-order valence-corrected chi connectivity index (χ1v) is 11.4. The van der Waals surface area contributed by atoms with Crippen molar-refractivity contribution >= 4 is 38.4 Å². The quantitative estimate of drug-likeness (QED) is 0.555. The van der Waals surface area contributed by atoms with Crippen LogP contribution >= 0.6 is 11.3 Å². The molecule has 3 aromatic rings. The molecule has 30 heavy (non-hydrogen) atoms. The highest BCUT2D eigenvalue weighted by molar-refractivity contribution is 7.93. The Morgan fingerprint density at radius 3 is 2.30 bits per heavy atom. The van der Waals surface area contributed by atoms with Gasteiger partial charge in [0.1, 0.15) is 0 Å². The van der Waals surface area contributed by atoms with E-state index in [2.05, 4.69) is 15.6 Å². The summed E-state index contributed by atoms with van der Waals surface area (Å²) in [5.41, 5.74) is 0.893. The summed E-state index contributed by atoms with van der Waals surface area (Å²) in [4.78, 5) is 28.3. The number of nitrogens with zero attached hydrogens (tertiary/aromatic N) is 2. The predicted octanol–water partition coefficient (Wildman–Crippen LogP) is 2.75. The molecule has 2 aromatic carbocycles. The SMILES string of the molecule is O=C(CCN(c1nccs1)S(=O)(=O)c1ccccc1)NC(=O)NCc1ccccc1. The molecule has 0 spiro atoms. The summed E-state index contributed by atoms with van der Waals surface area (Å²) in [6.07, 6.45) is 1.29. The molecule has 1 heterocycles. The van der Waals surface area contributed by atoms with Crippen LogP contribution in [0.15, 0.2) is 77.1 Å². The van der Waals surface area contributed by atoms with E-state index in [1.807, 2.05) is 30.3 Å². The molecule has 2 N–H and O–H groups in total. The molecule has 0 saturated carbocycles. The molecule has 0 fully saturated rings. The van der Waals surface area contributed by atoms with Crippen LogP contribution in [0, 0.1) is 0 Å². The number of amides is 3. The van der Waals surface area contributed by atoms with Crippen LogP contribution in [-0.2, 0) is 21.4 Å². The number of hydrogen-bond acceptors (Lipinski definition) is 6. The minimum atomic E-state index is -3.89. The smallest absolute Gasteiger partial charge is 0.321 e. The fourth-order valence-corrected chi connectivity index (χ4v) is 4.93. The Morgan fingerprint density at radius 2 is 1.67 bits per heavy atom. The molecular formula is C20H20N4O4S2. The minimum Gasteiger partial charge on any atom is -0.334 e. The molecule has 10 heteroatoms. The monoisotopic (exact) mass is 444 g/mol. The van der Waals surface area contributed by atoms with E-state index in [4.69, 9.17) is 0 Å². The zero-order chi connectivity index (χ0) is 21.4. The van der Waals surface area contributed by atoms with Crippen LogP contribution in [0.5, 0.6) is 0 Å². The molecule has 0 bridgehead atoms. The second kappa shape index (κ2) is 9.99. The van der Waals surface area contributed by atoms with Crippen molar-refractivity contribution in [3.05, 3.63) is 77.8 Å². The third kappa shape index (κ3) is 5.65. The number of benzene rings is 2. The van der Waals surface area contributed by atoms with Crippen LogP contribution in [0.2, 0.25) is 0 Å². The molecule has 0 aliphatic heterocycles.